The largest absolute Gasteiger partial charge is 0.392 e. The molecule has 1 aliphatic rings. The Morgan fingerprint density at radius 2 is 2.15 bits per heavy atom. The Hall–Kier alpha value is -0.970. The first kappa shape index (κ1) is 8.62. The van der Waals surface area contributed by atoms with E-state index >= 15 is 0 Å². The topological polar surface area (TPSA) is 51.6 Å². The van der Waals surface area contributed by atoms with E-state index in [4.69, 9.17) is 14.6 Å². The molecule has 0 saturated carbocycles. The lowest BCUT2D eigenvalue weighted by Gasteiger charge is -2.07. The van der Waals surface area contributed by atoms with Crippen molar-refractivity contribution in [2.45, 2.75) is 12.9 Å². The first-order valence-corrected chi connectivity index (χ1v) is 4.19. The molecular weight excluding hydrogens is 170 g/mol. The van der Waals surface area contributed by atoms with Crippen LogP contribution in [0.4, 0.5) is 0 Å². The fraction of sp³-hybridized carbons (Fsp3) is 0.444. The Balaban J connectivity index is 2.12. The average Bonchev–Trinajstić information content (AvgIpc) is 2.71. The maximum absolute atomic E-state index is 8.79. The third-order valence-electron chi connectivity index (χ3n) is 1.89. The van der Waals surface area contributed by atoms with Crippen LogP contribution in [0.3, 0.4) is 0 Å². The minimum atomic E-state index is -0.326. The molecule has 0 aromatic carbocycles. The Labute approximate surface area is 76.1 Å². The fourth-order valence-corrected chi connectivity index (χ4v) is 1.20. The van der Waals surface area contributed by atoms with E-state index in [0.29, 0.717) is 13.2 Å². The van der Waals surface area contributed by atoms with Crippen molar-refractivity contribution in [3.63, 3.8) is 0 Å². The van der Waals surface area contributed by atoms with Gasteiger partial charge in [-0.3, -0.25) is 4.98 Å². The van der Waals surface area contributed by atoms with E-state index in [1.54, 1.807) is 6.20 Å². The van der Waals surface area contributed by atoms with Crippen LogP contribution in [0, 0.1) is 0 Å². The van der Waals surface area contributed by atoms with Crippen molar-refractivity contribution in [2.75, 3.05) is 13.2 Å². The zero-order valence-electron chi connectivity index (χ0n) is 7.14. The van der Waals surface area contributed by atoms with Crippen molar-refractivity contribution in [2.24, 2.45) is 0 Å². The van der Waals surface area contributed by atoms with Crippen LogP contribution < -0.4 is 0 Å². The monoisotopic (exact) mass is 181 g/mol. The third-order valence-corrected chi connectivity index (χ3v) is 1.89. The van der Waals surface area contributed by atoms with Gasteiger partial charge >= 0.3 is 0 Å². The van der Waals surface area contributed by atoms with Gasteiger partial charge in [-0.15, -0.1) is 0 Å². The minimum absolute atomic E-state index is 0.0136. The standard InChI is InChI=1S/C9H11NO3/c11-6-7-1-2-8(10-5-7)9-12-3-4-13-9/h1-2,5,9,11H,3-4,6H2. The number of rotatable bonds is 2. The first-order valence-electron chi connectivity index (χ1n) is 4.19. The number of aliphatic hydroxyl groups excluding tert-OH is 1. The van der Waals surface area contributed by atoms with E-state index in [2.05, 4.69) is 4.98 Å². The predicted octanol–water partition coefficient (Wildman–Crippen LogP) is 0.619. The number of hydrogen-bond acceptors (Lipinski definition) is 4. The normalized spacial score (nSPS) is 17.9. The van der Waals surface area contributed by atoms with Crippen molar-refractivity contribution in [3.8, 4) is 0 Å². The van der Waals surface area contributed by atoms with E-state index < -0.39 is 0 Å². The number of pyridine rings is 1. The SMILES string of the molecule is OCc1ccc(C2OCCO2)nc1. The average molecular weight is 181 g/mol. The molecule has 2 rings (SSSR count). The van der Waals surface area contributed by atoms with Crippen molar-refractivity contribution < 1.29 is 14.6 Å². The molecule has 0 aliphatic carbocycles. The lowest BCUT2D eigenvalue weighted by Crippen LogP contribution is -2.01. The number of aromatic nitrogens is 1. The summed E-state index contributed by atoms with van der Waals surface area (Å²) >= 11 is 0. The van der Waals surface area contributed by atoms with Gasteiger partial charge in [0.2, 0.25) is 6.29 Å². The quantitative estimate of drug-likeness (QED) is 0.726. The van der Waals surface area contributed by atoms with Crippen LogP contribution in [0.2, 0.25) is 0 Å². The second kappa shape index (κ2) is 3.83. The zero-order valence-corrected chi connectivity index (χ0v) is 7.14. The van der Waals surface area contributed by atoms with E-state index in [0.717, 1.165) is 11.3 Å². The molecule has 1 saturated heterocycles. The molecule has 0 unspecified atom stereocenters. The molecule has 0 spiro atoms. The summed E-state index contributed by atoms with van der Waals surface area (Å²) in [5.74, 6) is 0. The predicted molar refractivity (Wildman–Crippen MR) is 44.8 cm³/mol. The van der Waals surface area contributed by atoms with Gasteiger partial charge < -0.3 is 14.6 Å². The van der Waals surface area contributed by atoms with E-state index in [1.165, 1.54) is 0 Å². The summed E-state index contributed by atoms with van der Waals surface area (Å²) in [6.45, 7) is 1.25. The van der Waals surface area contributed by atoms with Crippen LogP contribution >= 0.6 is 0 Å². The Morgan fingerprint density at radius 1 is 1.38 bits per heavy atom. The fourth-order valence-electron chi connectivity index (χ4n) is 1.20. The molecule has 1 N–H and O–H groups in total. The van der Waals surface area contributed by atoms with Crippen LogP contribution in [0.25, 0.3) is 0 Å². The summed E-state index contributed by atoms with van der Waals surface area (Å²) in [7, 11) is 0. The number of ether oxygens (including phenoxy) is 2. The van der Waals surface area contributed by atoms with Crippen LogP contribution in [0.1, 0.15) is 17.5 Å². The second-order valence-electron chi connectivity index (χ2n) is 2.82. The molecule has 2 heterocycles. The summed E-state index contributed by atoms with van der Waals surface area (Å²) in [5, 5.41) is 8.79. The smallest absolute Gasteiger partial charge is 0.201 e. The van der Waals surface area contributed by atoms with Gasteiger partial charge in [0.25, 0.3) is 0 Å². The van der Waals surface area contributed by atoms with Crippen molar-refractivity contribution >= 4 is 0 Å². The first-order chi connectivity index (χ1) is 6.40. The molecule has 0 bridgehead atoms. The van der Waals surface area contributed by atoms with Gasteiger partial charge in [-0.1, -0.05) is 6.07 Å². The maximum atomic E-state index is 8.79. The van der Waals surface area contributed by atoms with E-state index in [-0.39, 0.29) is 12.9 Å². The number of hydrogen-bond donors (Lipinski definition) is 1. The van der Waals surface area contributed by atoms with Gasteiger partial charge in [0.05, 0.1) is 25.5 Å². The van der Waals surface area contributed by atoms with Gasteiger partial charge in [0.15, 0.2) is 0 Å². The van der Waals surface area contributed by atoms with Crippen molar-refractivity contribution in [3.05, 3.63) is 29.6 Å². The molecule has 4 nitrogen and oxygen atoms in total. The molecule has 0 amide bonds. The van der Waals surface area contributed by atoms with Crippen LogP contribution in [0.15, 0.2) is 18.3 Å². The Bertz CT molecular complexity index is 267. The third kappa shape index (κ3) is 1.85. The lowest BCUT2D eigenvalue weighted by atomic mass is 10.2. The van der Waals surface area contributed by atoms with Crippen LogP contribution in [-0.4, -0.2) is 23.3 Å². The molecule has 13 heavy (non-hydrogen) atoms. The summed E-state index contributed by atoms with van der Waals surface area (Å²) < 4.78 is 10.5. The molecule has 70 valence electrons. The molecule has 0 radical (unpaired) electrons. The van der Waals surface area contributed by atoms with Gasteiger partial charge in [0, 0.05) is 6.20 Å². The summed E-state index contributed by atoms with van der Waals surface area (Å²) in [6.07, 6.45) is 1.30. The molecule has 1 aromatic heterocycles. The van der Waals surface area contributed by atoms with Gasteiger partial charge in [-0.25, -0.2) is 0 Å². The molecule has 0 atom stereocenters. The number of nitrogens with zero attached hydrogens (tertiary/aromatic N) is 1. The Kier molecular flexibility index (Phi) is 2.54. The summed E-state index contributed by atoms with van der Waals surface area (Å²) in [6, 6.07) is 3.62. The van der Waals surface area contributed by atoms with E-state index in [1.807, 2.05) is 12.1 Å². The highest BCUT2D eigenvalue weighted by Crippen LogP contribution is 2.20. The van der Waals surface area contributed by atoms with Gasteiger partial charge in [0.1, 0.15) is 0 Å². The van der Waals surface area contributed by atoms with Crippen LogP contribution in [-0.2, 0) is 16.1 Å². The summed E-state index contributed by atoms with van der Waals surface area (Å²) in [5.41, 5.74) is 1.55. The minimum Gasteiger partial charge on any atom is -0.392 e. The molecule has 1 aliphatic heterocycles. The number of aliphatic hydroxyl groups is 1. The molecule has 1 fully saturated rings. The maximum Gasteiger partial charge on any atom is 0.201 e. The zero-order chi connectivity index (χ0) is 9.10. The van der Waals surface area contributed by atoms with Crippen molar-refractivity contribution in [1.29, 1.82) is 0 Å². The van der Waals surface area contributed by atoms with Gasteiger partial charge in [-0.05, 0) is 11.6 Å². The summed E-state index contributed by atoms with van der Waals surface area (Å²) in [4.78, 5) is 4.12. The Morgan fingerprint density at radius 3 is 2.69 bits per heavy atom. The van der Waals surface area contributed by atoms with Crippen LogP contribution in [0.5, 0.6) is 0 Å². The lowest BCUT2D eigenvalue weighted by molar-refractivity contribution is -0.0473. The van der Waals surface area contributed by atoms with Gasteiger partial charge in [-0.2, -0.15) is 0 Å². The highest BCUT2D eigenvalue weighted by atomic mass is 16.7. The van der Waals surface area contributed by atoms with E-state index in [9.17, 15) is 0 Å². The molecule has 1 aromatic rings. The molecular formula is C9H11NO3. The highest BCUT2D eigenvalue weighted by Gasteiger charge is 2.18. The molecule has 4 heteroatoms. The van der Waals surface area contributed by atoms with Crippen molar-refractivity contribution in [1.82, 2.24) is 4.98 Å². The second-order valence-corrected chi connectivity index (χ2v) is 2.82. The highest BCUT2D eigenvalue weighted by molar-refractivity contribution is 5.14.